The number of hydrogen-bond donors (Lipinski definition) is 0. The van der Waals surface area contributed by atoms with Crippen LogP contribution in [0.2, 0.25) is 0 Å². The highest BCUT2D eigenvalue weighted by molar-refractivity contribution is 8.02. The molecule has 6 nitrogen and oxygen atoms in total. The standard InChI is InChI=1S/C23H23N3O3S2/c1-31(28,29)19-6-7-20(18-8-13-30-16-18)21(14-19)23(27)26-11-9-25(10-12-26)22-5-3-2-4-17(22)15-24/h2-7,14,16H,8-13H2,1H3. The molecule has 0 spiro atoms. The van der Waals surface area contributed by atoms with Crippen LogP contribution in [0.4, 0.5) is 5.69 Å². The Morgan fingerprint density at radius 3 is 2.48 bits per heavy atom. The van der Waals surface area contributed by atoms with Gasteiger partial charge in [0.05, 0.1) is 16.1 Å². The Morgan fingerprint density at radius 1 is 1.10 bits per heavy atom. The van der Waals surface area contributed by atoms with Gasteiger partial charge in [-0.25, -0.2) is 8.42 Å². The average molecular weight is 454 g/mol. The summed E-state index contributed by atoms with van der Waals surface area (Å²) in [5, 5.41) is 11.4. The Hall–Kier alpha value is -2.76. The molecule has 4 rings (SSSR count). The number of allylic oxidation sites excluding steroid dienone is 1. The highest BCUT2D eigenvalue weighted by atomic mass is 32.2. The van der Waals surface area contributed by atoms with Gasteiger partial charge < -0.3 is 9.80 Å². The molecule has 31 heavy (non-hydrogen) atoms. The summed E-state index contributed by atoms with van der Waals surface area (Å²) in [5.74, 6) is 0.819. The average Bonchev–Trinajstić information content (AvgIpc) is 3.32. The first-order valence-corrected chi connectivity index (χ1v) is 13.0. The number of para-hydroxylation sites is 1. The van der Waals surface area contributed by atoms with Gasteiger partial charge in [0.25, 0.3) is 5.91 Å². The third-order valence-corrected chi connectivity index (χ3v) is 7.64. The zero-order chi connectivity index (χ0) is 22.0. The van der Waals surface area contributed by atoms with Crippen molar-refractivity contribution in [2.45, 2.75) is 11.3 Å². The van der Waals surface area contributed by atoms with Crippen LogP contribution in [0.1, 0.15) is 27.9 Å². The zero-order valence-corrected chi connectivity index (χ0v) is 18.9. The number of rotatable bonds is 4. The van der Waals surface area contributed by atoms with E-state index in [9.17, 15) is 18.5 Å². The van der Waals surface area contributed by atoms with Gasteiger partial charge in [0, 0.05) is 43.8 Å². The van der Waals surface area contributed by atoms with E-state index in [2.05, 4.69) is 16.4 Å². The molecule has 2 heterocycles. The fraction of sp³-hybridized carbons (Fsp3) is 0.304. The van der Waals surface area contributed by atoms with E-state index < -0.39 is 9.84 Å². The molecule has 0 unspecified atom stereocenters. The number of piperazine rings is 1. The fourth-order valence-electron chi connectivity index (χ4n) is 3.96. The maximum Gasteiger partial charge on any atom is 0.254 e. The predicted octanol–water partition coefficient (Wildman–Crippen LogP) is 3.40. The van der Waals surface area contributed by atoms with Gasteiger partial charge >= 0.3 is 0 Å². The Kier molecular flexibility index (Phi) is 6.08. The zero-order valence-electron chi connectivity index (χ0n) is 17.2. The maximum absolute atomic E-state index is 13.4. The molecule has 0 atom stereocenters. The number of nitriles is 1. The molecule has 0 saturated carbocycles. The lowest BCUT2D eigenvalue weighted by atomic mass is 9.98. The van der Waals surface area contributed by atoms with Crippen molar-refractivity contribution in [2.24, 2.45) is 0 Å². The number of nitrogens with zero attached hydrogens (tertiary/aromatic N) is 3. The largest absolute Gasteiger partial charge is 0.367 e. The highest BCUT2D eigenvalue weighted by Crippen LogP contribution is 2.34. The molecule has 160 valence electrons. The van der Waals surface area contributed by atoms with Crippen molar-refractivity contribution in [2.75, 3.05) is 43.1 Å². The Bertz CT molecular complexity index is 1190. The second-order valence-corrected chi connectivity index (χ2v) is 10.6. The van der Waals surface area contributed by atoms with Gasteiger partial charge in [-0.05, 0) is 47.2 Å². The number of carbonyl (C=O) groups is 1. The molecule has 8 heteroatoms. The van der Waals surface area contributed by atoms with Gasteiger partial charge in [-0.1, -0.05) is 18.2 Å². The minimum atomic E-state index is -3.42. The minimum absolute atomic E-state index is 0.147. The lowest BCUT2D eigenvalue weighted by Crippen LogP contribution is -2.49. The molecule has 0 aromatic heterocycles. The van der Waals surface area contributed by atoms with E-state index in [1.54, 1.807) is 34.9 Å². The smallest absolute Gasteiger partial charge is 0.254 e. The van der Waals surface area contributed by atoms with Crippen molar-refractivity contribution < 1.29 is 13.2 Å². The first-order chi connectivity index (χ1) is 14.9. The molecule has 1 amide bonds. The molecule has 2 aromatic carbocycles. The van der Waals surface area contributed by atoms with E-state index in [4.69, 9.17) is 0 Å². The van der Waals surface area contributed by atoms with E-state index in [0.29, 0.717) is 37.3 Å². The Balaban J connectivity index is 1.59. The van der Waals surface area contributed by atoms with E-state index in [0.717, 1.165) is 35.3 Å². The number of anilines is 1. The molecule has 0 aliphatic carbocycles. The fourth-order valence-corrected chi connectivity index (χ4v) is 5.51. The molecule has 2 aliphatic rings. The Morgan fingerprint density at radius 2 is 1.84 bits per heavy atom. The molecule has 1 saturated heterocycles. The first kappa shape index (κ1) is 21.5. The molecule has 0 bridgehead atoms. The summed E-state index contributed by atoms with van der Waals surface area (Å²) >= 11 is 1.71. The number of thioether (sulfide) groups is 1. The maximum atomic E-state index is 13.4. The van der Waals surface area contributed by atoms with Gasteiger partial charge in [0.2, 0.25) is 0 Å². The summed E-state index contributed by atoms with van der Waals surface area (Å²) in [4.78, 5) is 17.5. The van der Waals surface area contributed by atoms with Crippen molar-refractivity contribution in [3.8, 4) is 6.07 Å². The number of carbonyl (C=O) groups excluding carboxylic acids is 1. The van der Waals surface area contributed by atoms with Crippen LogP contribution in [-0.4, -0.2) is 57.4 Å². The quantitative estimate of drug-likeness (QED) is 0.706. The van der Waals surface area contributed by atoms with E-state index in [1.165, 1.54) is 6.07 Å². The van der Waals surface area contributed by atoms with Crippen molar-refractivity contribution in [1.82, 2.24) is 4.90 Å². The molecule has 0 N–H and O–H groups in total. The number of hydrogen-bond acceptors (Lipinski definition) is 6. The van der Waals surface area contributed by atoms with E-state index in [-0.39, 0.29) is 10.8 Å². The van der Waals surface area contributed by atoms with Crippen LogP contribution < -0.4 is 4.90 Å². The van der Waals surface area contributed by atoms with Crippen LogP contribution in [0, 0.1) is 11.3 Å². The normalized spacial score (nSPS) is 16.7. The summed E-state index contributed by atoms with van der Waals surface area (Å²) in [5.41, 5.74) is 3.85. The minimum Gasteiger partial charge on any atom is -0.367 e. The SMILES string of the molecule is CS(=O)(=O)c1ccc(C2=CSCC2)c(C(=O)N2CCN(c3ccccc3C#N)CC2)c1. The summed E-state index contributed by atoms with van der Waals surface area (Å²) < 4.78 is 24.2. The van der Waals surface area contributed by atoms with Gasteiger partial charge in [0.1, 0.15) is 6.07 Å². The van der Waals surface area contributed by atoms with Crippen LogP contribution >= 0.6 is 11.8 Å². The predicted molar refractivity (Wildman–Crippen MR) is 124 cm³/mol. The third kappa shape index (κ3) is 4.48. The van der Waals surface area contributed by atoms with Crippen LogP contribution in [-0.2, 0) is 9.84 Å². The van der Waals surface area contributed by atoms with Crippen LogP contribution in [0.25, 0.3) is 5.57 Å². The summed E-state index contributed by atoms with van der Waals surface area (Å²) in [6.45, 7) is 2.25. The summed E-state index contributed by atoms with van der Waals surface area (Å²) in [6, 6.07) is 14.6. The van der Waals surface area contributed by atoms with Crippen molar-refractivity contribution in [3.63, 3.8) is 0 Å². The number of sulfone groups is 1. The molecule has 0 radical (unpaired) electrons. The monoisotopic (exact) mass is 453 g/mol. The molecule has 2 aromatic rings. The van der Waals surface area contributed by atoms with Crippen molar-refractivity contribution in [1.29, 1.82) is 5.26 Å². The van der Waals surface area contributed by atoms with Crippen LogP contribution in [0.5, 0.6) is 0 Å². The topological polar surface area (TPSA) is 81.5 Å². The number of amides is 1. The van der Waals surface area contributed by atoms with Gasteiger partial charge in [-0.15, -0.1) is 11.8 Å². The Labute approximate surface area is 187 Å². The molecule has 2 aliphatic heterocycles. The second-order valence-electron chi connectivity index (χ2n) is 7.65. The first-order valence-electron chi connectivity index (χ1n) is 10.1. The van der Waals surface area contributed by atoms with Crippen LogP contribution in [0.3, 0.4) is 0 Å². The second kappa shape index (κ2) is 8.77. The summed E-state index contributed by atoms with van der Waals surface area (Å²) in [6.07, 6.45) is 2.02. The van der Waals surface area contributed by atoms with Gasteiger partial charge in [-0.2, -0.15) is 5.26 Å². The van der Waals surface area contributed by atoms with Crippen molar-refractivity contribution in [3.05, 3.63) is 64.6 Å². The third-order valence-electron chi connectivity index (χ3n) is 5.64. The van der Waals surface area contributed by atoms with Gasteiger partial charge in [-0.3, -0.25) is 4.79 Å². The molecular formula is C23H23N3O3S2. The van der Waals surface area contributed by atoms with E-state index >= 15 is 0 Å². The lowest BCUT2D eigenvalue weighted by Gasteiger charge is -2.36. The van der Waals surface area contributed by atoms with Gasteiger partial charge in [0.15, 0.2) is 9.84 Å². The lowest BCUT2D eigenvalue weighted by molar-refractivity contribution is 0.0746. The number of benzene rings is 2. The van der Waals surface area contributed by atoms with E-state index in [1.807, 2.05) is 18.2 Å². The van der Waals surface area contributed by atoms with Crippen molar-refractivity contribution >= 4 is 38.8 Å². The highest BCUT2D eigenvalue weighted by Gasteiger charge is 2.27. The molecular weight excluding hydrogens is 430 g/mol. The van der Waals surface area contributed by atoms with Crippen LogP contribution in [0.15, 0.2) is 52.8 Å². The molecule has 1 fully saturated rings. The summed E-state index contributed by atoms with van der Waals surface area (Å²) in [7, 11) is -3.42.